The van der Waals surface area contributed by atoms with Gasteiger partial charge in [0.15, 0.2) is 11.5 Å². The summed E-state index contributed by atoms with van der Waals surface area (Å²) >= 11 is 0. The van der Waals surface area contributed by atoms with E-state index in [1.54, 1.807) is 0 Å². The summed E-state index contributed by atoms with van der Waals surface area (Å²) in [5.41, 5.74) is 0.717. The molecule has 0 fully saturated rings. The molecule has 1 heterocycles. The second kappa shape index (κ2) is 4.97. The number of carbonyl (C=O) groups is 1. The number of halogens is 1. The van der Waals surface area contributed by atoms with Crippen LogP contribution in [0.4, 0.5) is 4.39 Å². The van der Waals surface area contributed by atoms with Crippen LogP contribution in [0.15, 0.2) is 28.8 Å². The summed E-state index contributed by atoms with van der Waals surface area (Å²) in [7, 11) is 1.46. The fraction of sp³-hybridized carbons (Fsp3) is 0.167. The standard InChI is InChI=1S/C12H10FNO4/c1-17-6-8-4-7(2-3-9(8)13)11-5-10(12(15)16)14-18-11/h2-5H,6H2,1H3,(H,15,16). The van der Waals surface area contributed by atoms with Crippen molar-refractivity contribution in [3.05, 3.63) is 41.3 Å². The van der Waals surface area contributed by atoms with Crippen molar-refractivity contribution in [1.82, 2.24) is 5.16 Å². The van der Waals surface area contributed by atoms with Gasteiger partial charge in [-0.25, -0.2) is 9.18 Å². The molecule has 0 unspecified atom stereocenters. The topological polar surface area (TPSA) is 72.6 Å². The molecule has 0 aliphatic rings. The van der Waals surface area contributed by atoms with Gasteiger partial charge in [0.05, 0.1) is 6.61 Å². The average molecular weight is 251 g/mol. The van der Waals surface area contributed by atoms with Gasteiger partial charge in [0.1, 0.15) is 5.82 Å². The zero-order valence-corrected chi connectivity index (χ0v) is 9.51. The number of aromatic nitrogens is 1. The summed E-state index contributed by atoms with van der Waals surface area (Å²) in [6.07, 6.45) is 0. The highest BCUT2D eigenvalue weighted by Crippen LogP contribution is 2.23. The summed E-state index contributed by atoms with van der Waals surface area (Å²) in [4.78, 5) is 10.7. The van der Waals surface area contributed by atoms with Gasteiger partial charge in [-0.05, 0) is 18.2 Å². The third-order valence-corrected chi connectivity index (χ3v) is 2.36. The Morgan fingerprint density at radius 3 is 2.89 bits per heavy atom. The Hall–Kier alpha value is -2.21. The predicted molar refractivity (Wildman–Crippen MR) is 59.6 cm³/mol. The molecule has 18 heavy (non-hydrogen) atoms. The fourth-order valence-corrected chi connectivity index (χ4v) is 1.51. The van der Waals surface area contributed by atoms with E-state index >= 15 is 0 Å². The van der Waals surface area contributed by atoms with Crippen LogP contribution < -0.4 is 0 Å². The predicted octanol–water partition coefficient (Wildman–Crippen LogP) is 2.33. The van der Waals surface area contributed by atoms with Crippen molar-refractivity contribution in [1.29, 1.82) is 0 Å². The largest absolute Gasteiger partial charge is 0.476 e. The lowest BCUT2D eigenvalue weighted by Gasteiger charge is -2.03. The molecule has 6 heteroatoms. The van der Waals surface area contributed by atoms with Crippen molar-refractivity contribution >= 4 is 5.97 Å². The quantitative estimate of drug-likeness (QED) is 0.902. The summed E-state index contributed by atoms with van der Waals surface area (Å²) in [5, 5.41) is 12.1. The van der Waals surface area contributed by atoms with E-state index in [-0.39, 0.29) is 18.1 Å². The molecule has 0 bridgehead atoms. The van der Waals surface area contributed by atoms with E-state index in [1.807, 2.05) is 0 Å². The number of hydrogen-bond acceptors (Lipinski definition) is 4. The van der Waals surface area contributed by atoms with Gasteiger partial charge in [-0.3, -0.25) is 0 Å². The number of ether oxygens (including phenoxy) is 1. The molecule has 0 spiro atoms. The fourth-order valence-electron chi connectivity index (χ4n) is 1.51. The van der Waals surface area contributed by atoms with Crippen molar-refractivity contribution in [2.75, 3.05) is 7.11 Å². The molecule has 1 aromatic heterocycles. The molecule has 2 rings (SSSR count). The van der Waals surface area contributed by atoms with Crippen LogP contribution in [0.1, 0.15) is 16.1 Å². The Balaban J connectivity index is 2.37. The average Bonchev–Trinajstić information content (AvgIpc) is 2.82. The summed E-state index contributed by atoms with van der Waals surface area (Å²) in [6, 6.07) is 5.57. The maximum atomic E-state index is 13.4. The maximum absolute atomic E-state index is 13.4. The van der Waals surface area contributed by atoms with E-state index in [0.29, 0.717) is 11.1 Å². The summed E-state index contributed by atoms with van der Waals surface area (Å²) in [6.45, 7) is 0.125. The third kappa shape index (κ3) is 2.38. The van der Waals surface area contributed by atoms with E-state index in [9.17, 15) is 9.18 Å². The van der Waals surface area contributed by atoms with E-state index in [4.69, 9.17) is 14.4 Å². The van der Waals surface area contributed by atoms with E-state index in [0.717, 1.165) is 0 Å². The van der Waals surface area contributed by atoms with Gasteiger partial charge >= 0.3 is 5.97 Å². The van der Waals surface area contributed by atoms with Crippen LogP contribution in [0, 0.1) is 5.82 Å². The number of aromatic carboxylic acids is 1. The van der Waals surface area contributed by atoms with Crippen LogP contribution in [0.3, 0.4) is 0 Å². The molecular formula is C12H10FNO4. The minimum Gasteiger partial charge on any atom is -0.476 e. The summed E-state index contributed by atoms with van der Waals surface area (Å²) < 4.78 is 23.1. The summed E-state index contributed by atoms with van der Waals surface area (Å²) in [5.74, 6) is -1.30. The van der Waals surface area contributed by atoms with Gasteiger partial charge in [0, 0.05) is 24.3 Å². The molecule has 0 radical (unpaired) electrons. The third-order valence-electron chi connectivity index (χ3n) is 2.36. The first-order valence-electron chi connectivity index (χ1n) is 5.09. The Morgan fingerprint density at radius 1 is 1.50 bits per heavy atom. The first-order valence-corrected chi connectivity index (χ1v) is 5.09. The Kier molecular flexibility index (Phi) is 3.38. The molecule has 94 valence electrons. The minimum atomic E-state index is -1.18. The molecule has 1 N–H and O–H groups in total. The number of carboxylic acids is 1. The molecule has 5 nitrogen and oxygen atoms in total. The first kappa shape index (κ1) is 12.3. The smallest absolute Gasteiger partial charge is 0.358 e. The maximum Gasteiger partial charge on any atom is 0.358 e. The van der Waals surface area contributed by atoms with Crippen LogP contribution in [0.2, 0.25) is 0 Å². The molecule has 0 saturated carbocycles. The minimum absolute atomic E-state index is 0.125. The molecule has 0 aliphatic heterocycles. The van der Waals surface area contributed by atoms with Crippen molar-refractivity contribution < 1.29 is 23.6 Å². The number of carboxylic acid groups (broad SMARTS) is 1. The van der Waals surface area contributed by atoms with Crippen LogP contribution in [-0.4, -0.2) is 23.3 Å². The number of rotatable bonds is 4. The highest BCUT2D eigenvalue weighted by Gasteiger charge is 2.13. The Labute approximate surface area is 102 Å². The SMILES string of the molecule is COCc1cc(-c2cc(C(=O)O)no2)ccc1F. The van der Waals surface area contributed by atoms with Crippen molar-refractivity contribution in [3.8, 4) is 11.3 Å². The van der Waals surface area contributed by atoms with Gasteiger partial charge < -0.3 is 14.4 Å². The highest BCUT2D eigenvalue weighted by atomic mass is 19.1. The van der Waals surface area contributed by atoms with Gasteiger partial charge in [0.25, 0.3) is 0 Å². The normalized spacial score (nSPS) is 10.6. The lowest BCUT2D eigenvalue weighted by molar-refractivity contribution is 0.0686. The lowest BCUT2D eigenvalue weighted by atomic mass is 10.1. The monoisotopic (exact) mass is 251 g/mol. The van der Waals surface area contributed by atoms with Gasteiger partial charge in [-0.2, -0.15) is 0 Å². The second-order valence-electron chi connectivity index (χ2n) is 3.62. The van der Waals surface area contributed by atoms with Gasteiger partial charge in [-0.15, -0.1) is 0 Å². The molecule has 0 atom stereocenters. The zero-order valence-electron chi connectivity index (χ0n) is 9.51. The van der Waals surface area contributed by atoms with Crippen LogP contribution in [0.5, 0.6) is 0 Å². The van der Waals surface area contributed by atoms with Crippen LogP contribution >= 0.6 is 0 Å². The number of methoxy groups -OCH3 is 1. The molecule has 0 aliphatic carbocycles. The number of nitrogens with zero attached hydrogens (tertiary/aromatic N) is 1. The first-order chi connectivity index (χ1) is 8.61. The van der Waals surface area contributed by atoms with Gasteiger partial charge in [0.2, 0.25) is 0 Å². The van der Waals surface area contributed by atoms with Gasteiger partial charge in [-0.1, -0.05) is 5.16 Å². The van der Waals surface area contributed by atoms with E-state index in [1.165, 1.54) is 31.4 Å². The van der Waals surface area contributed by atoms with E-state index in [2.05, 4.69) is 5.16 Å². The molecule has 1 aromatic carbocycles. The number of hydrogen-bond donors (Lipinski definition) is 1. The second-order valence-corrected chi connectivity index (χ2v) is 3.62. The Morgan fingerprint density at radius 2 is 2.28 bits per heavy atom. The zero-order chi connectivity index (χ0) is 13.1. The molecular weight excluding hydrogens is 241 g/mol. The van der Waals surface area contributed by atoms with Crippen LogP contribution in [0.25, 0.3) is 11.3 Å². The molecule has 2 aromatic rings. The molecule has 0 amide bonds. The highest BCUT2D eigenvalue weighted by molar-refractivity contribution is 5.86. The van der Waals surface area contributed by atoms with Crippen molar-refractivity contribution in [3.63, 3.8) is 0 Å². The van der Waals surface area contributed by atoms with Crippen molar-refractivity contribution in [2.45, 2.75) is 6.61 Å². The molecule has 0 saturated heterocycles. The van der Waals surface area contributed by atoms with Crippen molar-refractivity contribution in [2.24, 2.45) is 0 Å². The Bertz CT molecular complexity index is 579. The van der Waals surface area contributed by atoms with Crippen LogP contribution in [-0.2, 0) is 11.3 Å². The van der Waals surface area contributed by atoms with E-state index < -0.39 is 11.8 Å². The lowest BCUT2D eigenvalue weighted by Crippen LogP contribution is -1.94. The number of benzene rings is 1.